The third kappa shape index (κ3) is 3.93. The number of methoxy groups -OCH3 is 1. The molecule has 1 aliphatic heterocycles. The molecule has 0 bridgehead atoms. The van der Waals surface area contributed by atoms with Crippen molar-refractivity contribution in [2.24, 2.45) is 0 Å². The lowest BCUT2D eigenvalue weighted by molar-refractivity contribution is -0.125. The number of aromatic nitrogens is 3. The van der Waals surface area contributed by atoms with E-state index in [1.54, 1.807) is 33.4 Å². The number of Topliss-reactive ketones (excluding diaryl/α,β-unsaturated/α-hetero) is 1. The van der Waals surface area contributed by atoms with Crippen LogP contribution >= 0.6 is 0 Å². The van der Waals surface area contributed by atoms with Crippen molar-refractivity contribution >= 4 is 22.8 Å². The van der Waals surface area contributed by atoms with E-state index in [4.69, 9.17) is 14.2 Å². The molecular formula is C26H23N3O4. The molecule has 0 aliphatic carbocycles. The van der Waals surface area contributed by atoms with Crippen molar-refractivity contribution in [3.8, 4) is 11.5 Å². The molecule has 0 radical (unpaired) electrons. The maximum Gasteiger partial charge on any atom is 0.210 e. The molecule has 166 valence electrons. The van der Waals surface area contributed by atoms with Crippen LogP contribution in [-0.4, -0.2) is 32.9 Å². The third-order valence-electron chi connectivity index (χ3n) is 5.54. The van der Waals surface area contributed by atoms with Gasteiger partial charge in [0.2, 0.25) is 5.78 Å². The number of pyridine rings is 2. The van der Waals surface area contributed by atoms with Gasteiger partial charge in [0, 0.05) is 24.2 Å². The molecule has 0 fully saturated rings. The van der Waals surface area contributed by atoms with Crippen molar-refractivity contribution in [3.05, 3.63) is 90.1 Å². The van der Waals surface area contributed by atoms with Gasteiger partial charge < -0.3 is 18.6 Å². The normalized spacial score (nSPS) is 15.1. The average Bonchev–Trinajstić information content (AvgIpc) is 3.35. The Labute approximate surface area is 191 Å². The average molecular weight is 441 g/mol. The Morgan fingerprint density at radius 1 is 0.939 bits per heavy atom. The van der Waals surface area contributed by atoms with Crippen molar-refractivity contribution in [2.45, 2.75) is 26.1 Å². The van der Waals surface area contributed by atoms with Gasteiger partial charge in [0.15, 0.2) is 5.60 Å². The molecule has 1 aliphatic rings. The molecule has 0 atom stereocenters. The second-order valence-electron chi connectivity index (χ2n) is 8.26. The van der Waals surface area contributed by atoms with E-state index in [-0.39, 0.29) is 5.78 Å². The van der Waals surface area contributed by atoms with Crippen molar-refractivity contribution in [1.29, 1.82) is 0 Å². The highest BCUT2D eigenvalue weighted by atomic mass is 16.5. The van der Waals surface area contributed by atoms with E-state index in [0.29, 0.717) is 23.7 Å². The fraction of sp³-hybridized carbons (Fsp3) is 0.192. The minimum atomic E-state index is -0.922. The number of hydrogen-bond acceptors (Lipinski definition) is 6. The summed E-state index contributed by atoms with van der Waals surface area (Å²) in [6.07, 6.45) is 7.16. The Bertz CT molecular complexity index is 1360. The quantitative estimate of drug-likeness (QED) is 0.437. The summed E-state index contributed by atoms with van der Waals surface area (Å²) in [5.41, 5.74) is 2.87. The number of fused-ring (bicyclic) bond motifs is 1. The molecule has 7 heteroatoms. The summed E-state index contributed by atoms with van der Waals surface area (Å²) in [6, 6.07) is 14.9. The van der Waals surface area contributed by atoms with E-state index in [1.807, 2.05) is 65.3 Å². The first-order valence-corrected chi connectivity index (χ1v) is 10.6. The molecule has 0 unspecified atom stereocenters. The lowest BCUT2D eigenvalue weighted by Gasteiger charge is -2.17. The van der Waals surface area contributed by atoms with Gasteiger partial charge in [0.05, 0.1) is 24.6 Å². The van der Waals surface area contributed by atoms with Crippen LogP contribution in [0.2, 0.25) is 0 Å². The molecule has 4 aromatic rings. The highest BCUT2D eigenvalue weighted by Crippen LogP contribution is 2.41. The van der Waals surface area contributed by atoms with Gasteiger partial charge in [-0.25, -0.2) is 4.98 Å². The molecule has 4 heterocycles. The molecular weight excluding hydrogens is 418 g/mol. The maximum atomic E-state index is 13.1. The number of carbonyl (C=O) groups excluding carboxylic acids is 1. The summed E-state index contributed by atoms with van der Waals surface area (Å²) in [5.74, 6) is 1.96. The van der Waals surface area contributed by atoms with Gasteiger partial charge in [-0.15, -0.1) is 0 Å². The highest BCUT2D eigenvalue weighted by molar-refractivity contribution is 6.32. The number of ether oxygens (including phenoxy) is 3. The van der Waals surface area contributed by atoms with E-state index in [0.717, 1.165) is 28.2 Å². The van der Waals surface area contributed by atoms with Gasteiger partial charge >= 0.3 is 0 Å². The summed E-state index contributed by atoms with van der Waals surface area (Å²) >= 11 is 0. The Morgan fingerprint density at radius 3 is 2.39 bits per heavy atom. The molecule has 0 saturated carbocycles. The Kier molecular flexibility index (Phi) is 5.09. The SMILES string of the molecule is COc1ccc2nc(COc3ccc(C4=C(c5ccncc5)OC(C)(C)C4=O)cc3)cn2c1. The number of rotatable bonds is 6. The Morgan fingerprint density at radius 2 is 1.67 bits per heavy atom. The van der Waals surface area contributed by atoms with Gasteiger partial charge in [-0.05, 0) is 55.8 Å². The van der Waals surface area contributed by atoms with Crippen LogP contribution in [0.15, 0.2) is 73.3 Å². The fourth-order valence-corrected chi connectivity index (χ4v) is 3.81. The number of benzene rings is 1. The number of carbonyl (C=O) groups is 1. The lowest BCUT2D eigenvalue weighted by atomic mass is 9.93. The van der Waals surface area contributed by atoms with Gasteiger partial charge in [-0.2, -0.15) is 0 Å². The minimum Gasteiger partial charge on any atom is -0.495 e. The van der Waals surface area contributed by atoms with Crippen molar-refractivity contribution in [2.75, 3.05) is 7.11 Å². The zero-order valence-electron chi connectivity index (χ0n) is 18.6. The maximum absolute atomic E-state index is 13.1. The summed E-state index contributed by atoms with van der Waals surface area (Å²) < 4.78 is 19.1. The number of ketones is 1. The monoisotopic (exact) mass is 441 g/mol. The molecule has 0 N–H and O–H groups in total. The number of hydrogen-bond donors (Lipinski definition) is 0. The first-order valence-electron chi connectivity index (χ1n) is 10.6. The summed E-state index contributed by atoms with van der Waals surface area (Å²) in [7, 11) is 1.63. The van der Waals surface area contributed by atoms with Crippen molar-refractivity contribution in [1.82, 2.24) is 14.4 Å². The zero-order valence-corrected chi connectivity index (χ0v) is 18.6. The van der Waals surface area contributed by atoms with Crippen LogP contribution in [-0.2, 0) is 16.1 Å². The van der Waals surface area contributed by atoms with Crippen LogP contribution in [0.25, 0.3) is 17.0 Å². The molecule has 1 aromatic carbocycles. The predicted octanol–water partition coefficient (Wildman–Crippen LogP) is 4.56. The molecule has 0 amide bonds. The zero-order chi connectivity index (χ0) is 23.0. The van der Waals surface area contributed by atoms with E-state index in [9.17, 15) is 4.79 Å². The summed E-state index contributed by atoms with van der Waals surface area (Å²) in [5, 5.41) is 0. The highest BCUT2D eigenvalue weighted by Gasteiger charge is 2.42. The van der Waals surface area contributed by atoms with Crippen molar-refractivity contribution < 1.29 is 19.0 Å². The molecule has 0 spiro atoms. The van der Waals surface area contributed by atoms with Gasteiger partial charge in [0.1, 0.15) is 29.5 Å². The minimum absolute atomic E-state index is 0.0527. The molecule has 33 heavy (non-hydrogen) atoms. The van der Waals surface area contributed by atoms with E-state index < -0.39 is 5.60 Å². The number of imidazole rings is 1. The molecule has 7 nitrogen and oxygen atoms in total. The first kappa shape index (κ1) is 20.8. The third-order valence-corrected chi connectivity index (χ3v) is 5.54. The lowest BCUT2D eigenvalue weighted by Crippen LogP contribution is -2.29. The van der Waals surface area contributed by atoms with E-state index in [1.165, 1.54) is 0 Å². The van der Waals surface area contributed by atoms with Gasteiger partial charge in [-0.1, -0.05) is 12.1 Å². The Hall–Kier alpha value is -4.13. The smallest absolute Gasteiger partial charge is 0.210 e. The van der Waals surface area contributed by atoms with Crippen LogP contribution in [0.1, 0.15) is 30.7 Å². The standard InChI is InChI=1S/C26H23N3O4/c1-26(2)25(30)23(24(33-26)18-10-12-27-13-11-18)17-4-6-20(7-5-17)32-16-19-14-29-15-21(31-3)8-9-22(29)28-19/h4-15H,16H2,1-3H3. The summed E-state index contributed by atoms with van der Waals surface area (Å²) in [6.45, 7) is 3.89. The molecule has 3 aromatic heterocycles. The topological polar surface area (TPSA) is 74.9 Å². The summed E-state index contributed by atoms with van der Waals surface area (Å²) in [4.78, 5) is 21.7. The first-order chi connectivity index (χ1) is 15.9. The van der Waals surface area contributed by atoms with Gasteiger partial charge in [0.25, 0.3) is 0 Å². The van der Waals surface area contributed by atoms with Crippen LogP contribution in [0, 0.1) is 0 Å². The van der Waals surface area contributed by atoms with E-state index >= 15 is 0 Å². The van der Waals surface area contributed by atoms with Crippen LogP contribution in [0.3, 0.4) is 0 Å². The molecule has 5 rings (SSSR count). The second-order valence-corrected chi connectivity index (χ2v) is 8.26. The van der Waals surface area contributed by atoms with E-state index in [2.05, 4.69) is 9.97 Å². The van der Waals surface area contributed by atoms with Crippen LogP contribution in [0.4, 0.5) is 0 Å². The fourth-order valence-electron chi connectivity index (χ4n) is 3.81. The largest absolute Gasteiger partial charge is 0.495 e. The second kappa shape index (κ2) is 8.09. The molecule has 0 saturated heterocycles. The van der Waals surface area contributed by atoms with Crippen molar-refractivity contribution in [3.63, 3.8) is 0 Å². The predicted molar refractivity (Wildman–Crippen MR) is 124 cm³/mol. The Balaban J connectivity index is 1.37. The van der Waals surface area contributed by atoms with Crippen LogP contribution < -0.4 is 9.47 Å². The van der Waals surface area contributed by atoms with Gasteiger partial charge in [-0.3, -0.25) is 9.78 Å². The number of nitrogens with zero attached hydrogens (tertiary/aromatic N) is 3. The van der Waals surface area contributed by atoms with Crippen LogP contribution in [0.5, 0.6) is 11.5 Å².